The van der Waals surface area contributed by atoms with Crippen LogP contribution in [0.25, 0.3) is 0 Å². The number of aromatic nitrogens is 1. The van der Waals surface area contributed by atoms with E-state index in [9.17, 15) is 4.79 Å². The largest absolute Gasteiger partial charge is 0.480 e. The van der Waals surface area contributed by atoms with Gasteiger partial charge in [0.25, 0.3) is 0 Å². The van der Waals surface area contributed by atoms with Gasteiger partial charge < -0.3 is 14.7 Å². The van der Waals surface area contributed by atoms with Crippen molar-refractivity contribution in [3.8, 4) is 6.07 Å². The molecule has 0 amide bonds. The van der Waals surface area contributed by atoms with E-state index in [0.717, 1.165) is 25.9 Å². The zero-order valence-corrected chi connectivity index (χ0v) is 10.5. The Bertz CT molecular complexity index is 490. The Morgan fingerprint density at radius 3 is 2.95 bits per heavy atom. The molecule has 1 aliphatic heterocycles. The number of ether oxygens (including phenoxy) is 1. The van der Waals surface area contributed by atoms with Crippen LogP contribution in [0.5, 0.6) is 0 Å². The maximum atomic E-state index is 10.4. The molecule has 1 aliphatic rings. The summed E-state index contributed by atoms with van der Waals surface area (Å²) in [6.07, 6.45) is 3.13. The second-order valence-electron chi connectivity index (χ2n) is 4.38. The number of carboxylic acids is 1. The lowest BCUT2D eigenvalue weighted by Crippen LogP contribution is -2.38. The van der Waals surface area contributed by atoms with Crippen molar-refractivity contribution in [2.24, 2.45) is 0 Å². The molecule has 1 aromatic rings. The minimum absolute atomic E-state index is 0.0263. The van der Waals surface area contributed by atoms with Crippen molar-refractivity contribution < 1.29 is 14.6 Å². The standard InChI is InChI=1S/C13H15N3O3/c14-8-10-2-1-5-15-13(10)16-6-3-11(4-7-16)19-9-12(17)18/h1-2,5,11H,3-4,6-7,9H2,(H,17,18). The van der Waals surface area contributed by atoms with E-state index in [-0.39, 0.29) is 12.7 Å². The molecule has 19 heavy (non-hydrogen) atoms. The number of carbonyl (C=O) groups is 1. The third-order valence-corrected chi connectivity index (χ3v) is 3.09. The van der Waals surface area contributed by atoms with Crippen LogP contribution in [-0.2, 0) is 9.53 Å². The molecule has 2 rings (SSSR count). The number of nitrogens with zero attached hydrogens (tertiary/aromatic N) is 3. The number of nitriles is 1. The smallest absolute Gasteiger partial charge is 0.329 e. The van der Waals surface area contributed by atoms with Crippen molar-refractivity contribution in [1.82, 2.24) is 4.98 Å². The highest BCUT2D eigenvalue weighted by Gasteiger charge is 2.22. The molecule has 0 saturated carbocycles. The average molecular weight is 261 g/mol. The Hall–Kier alpha value is -2.13. The molecule has 1 aromatic heterocycles. The molecule has 1 N–H and O–H groups in total. The van der Waals surface area contributed by atoms with Gasteiger partial charge in [0.2, 0.25) is 0 Å². The van der Waals surface area contributed by atoms with E-state index in [1.54, 1.807) is 18.3 Å². The number of hydrogen-bond acceptors (Lipinski definition) is 5. The highest BCUT2D eigenvalue weighted by molar-refractivity contribution is 5.68. The molecule has 0 bridgehead atoms. The van der Waals surface area contributed by atoms with Gasteiger partial charge >= 0.3 is 5.97 Å². The summed E-state index contributed by atoms with van der Waals surface area (Å²) in [5.41, 5.74) is 0.562. The fourth-order valence-corrected chi connectivity index (χ4v) is 2.16. The number of rotatable bonds is 4. The van der Waals surface area contributed by atoms with E-state index < -0.39 is 5.97 Å². The second-order valence-corrected chi connectivity index (χ2v) is 4.38. The lowest BCUT2D eigenvalue weighted by Gasteiger charge is -2.32. The van der Waals surface area contributed by atoms with Gasteiger partial charge in [-0.3, -0.25) is 0 Å². The first-order chi connectivity index (χ1) is 9.20. The van der Waals surface area contributed by atoms with E-state index >= 15 is 0 Å². The highest BCUT2D eigenvalue weighted by Crippen LogP contribution is 2.22. The second kappa shape index (κ2) is 6.16. The lowest BCUT2D eigenvalue weighted by molar-refractivity contribution is -0.144. The minimum Gasteiger partial charge on any atom is -0.480 e. The zero-order valence-electron chi connectivity index (χ0n) is 10.5. The van der Waals surface area contributed by atoms with Crippen LogP contribution in [0.2, 0.25) is 0 Å². The van der Waals surface area contributed by atoms with E-state index in [0.29, 0.717) is 11.4 Å². The topological polar surface area (TPSA) is 86.5 Å². The summed E-state index contributed by atoms with van der Waals surface area (Å²) >= 11 is 0. The molecule has 0 unspecified atom stereocenters. The third kappa shape index (κ3) is 3.42. The van der Waals surface area contributed by atoms with Gasteiger partial charge in [0, 0.05) is 19.3 Å². The molecule has 6 heteroatoms. The van der Waals surface area contributed by atoms with Gasteiger partial charge in [-0.15, -0.1) is 0 Å². The minimum atomic E-state index is -0.945. The first-order valence-electron chi connectivity index (χ1n) is 6.14. The van der Waals surface area contributed by atoms with Crippen LogP contribution in [0.3, 0.4) is 0 Å². The van der Waals surface area contributed by atoms with Crippen molar-refractivity contribution in [2.75, 3.05) is 24.6 Å². The molecular weight excluding hydrogens is 246 g/mol. The molecule has 0 spiro atoms. The van der Waals surface area contributed by atoms with E-state index in [1.165, 1.54) is 0 Å². The average Bonchev–Trinajstić information content (AvgIpc) is 2.45. The predicted octanol–water partition coefficient (Wildman–Crippen LogP) is 1.02. The number of carboxylic acid groups (broad SMARTS) is 1. The fraction of sp³-hybridized carbons (Fsp3) is 0.462. The Labute approximate surface area is 111 Å². The number of anilines is 1. The summed E-state index contributed by atoms with van der Waals surface area (Å²) in [6.45, 7) is 1.18. The molecule has 1 fully saturated rings. The molecule has 6 nitrogen and oxygen atoms in total. The molecule has 1 saturated heterocycles. The van der Waals surface area contributed by atoms with E-state index in [4.69, 9.17) is 15.1 Å². The summed E-state index contributed by atoms with van der Waals surface area (Å²) in [4.78, 5) is 16.7. The monoisotopic (exact) mass is 261 g/mol. The van der Waals surface area contributed by atoms with Crippen molar-refractivity contribution in [3.63, 3.8) is 0 Å². The highest BCUT2D eigenvalue weighted by atomic mass is 16.5. The first kappa shape index (κ1) is 13.3. The molecule has 0 aliphatic carbocycles. The summed E-state index contributed by atoms with van der Waals surface area (Å²) < 4.78 is 5.27. The summed E-state index contributed by atoms with van der Waals surface area (Å²) in [6, 6.07) is 5.62. The third-order valence-electron chi connectivity index (χ3n) is 3.09. The van der Waals surface area contributed by atoms with Crippen LogP contribution < -0.4 is 4.90 Å². The molecule has 0 atom stereocenters. The summed E-state index contributed by atoms with van der Waals surface area (Å²) in [5.74, 6) is -0.249. The number of aliphatic carboxylic acids is 1. The van der Waals surface area contributed by atoms with Gasteiger partial charge in [-0.05, 0) is 25.0 Å². The van der Waals surface area contributed by atoms with Gasteiger partial charge in [0.05, 0.1) is 11.7 Å². The lowest BCUT2D eigenvalue weighted by atomic mass is 10.1. The predicted molar refractivity (Wildman–Crippen MR) is 67.8 cm³/mol. The van der Waals surface area contributed by atoms with Gasteiger partial charge in [-0.25, -0.2) is 9.78 Å². The van der Waals surface area contributed by atoms with Crippen molar-refractivity contribution in [3.05, 3.63) is 23.9 Å². The Balaban J connectivity index is 1.93. The molecule has 0 radical (unpaired) electrons. The molecule has 0 aromatic carbocycles. The van der Waals surface area contributed by atoms with Crippen LogP contribution in [0.15, 0.2) is 18.3 Å². The molecule has 100 valence electrons. The quantitative estimate of drug-likeness (QED) is 0.870. The van der Waals surface area contributed by atoms with Crippen LogP contribution in [0, 0.1) is 11.3 Å². The van der Waals surface area contributed by atoms with E-state index in [2.05, 4.69) is 11.1 Å². The maximum Gasteiger partial charge on any atom is 0.329 e. The van der Waals surface area contributed by atoms with Gasteiger partial charge in [0.1, 0.15) is 18.5 Å². The van der Waals surface area contributed by atoms with Crippen LogP contribution in [0.4, 0.5) is 5.82 Å². The van der Waals surface area contributed by atoms with Gasteiger partial charge in [-0.1, -0.05) is 0 Å². The zero-order chi connectivity index (χ0) is 13.7. The van der Waals surface area contributed by atoms with E-state index in [1.807, 2.05) is 4.90 Å². The first-order valence-corrected chi connectivity index (χ1v) is 6.14. The van der Waals surface area contributed by atoms with Crippen LogP contribution >= 0.6 is 0 Å². The number of pyridine rings is 1. The van der Waals surface area contributed by atoms with Crippen molar-refractivity contribution in [1.29, 1.82) is 5.26 Å². The fourth-order valence-electron chi connectivity index (χ4n) is 2.16. The Morgan fingerprint density at radius 2 is 2.32 bits per heavy atom. The molecular formula is C13H15N3O3. The number of hydrogen-bond donors (Lipinski definition) is 1. The van der Waals surface area contributed by atoms with Crippen molar-refractivity contribution >= 4 is 11.8 Å². The van der Waals surface area contributed by atoms with Crippen molar-refractivity contribution in [2.45, 2.75) is 18.9 Å². The van der Waals surface area contributed by atoms with Gasteiger partial charge in [-0.2, -0.15) is 5.26 Å². The summed E-state index contributed by atoms with van der Waals surface area (Å²) in [5, 5.41) is 17.6. The molecule has 2 heterocycles. The summed E-state index contributed by atoms with van der Waals surface area (Å²) in [7, 11) is 0. The SMILES string of the molecule is N#Cc1cccnc1N1CCC(OCC(=O)O)CC1. The van der Waals surface area contributed by atoms with Crippen LogP contribution in [0.1, 0.15) is 18.4 Å². The number of piperidine rings is 1. The van der Waals surface area contributed by atoms with Crippen LogP contribution in [-0.4, -0.2) is 41.9 Å². The Kier molecular flexibility index (Phi) is 4.31. The van der Waals surface area contributed by atoms with Gasteiger partial charge in [0.15, 0.2) is 0 Å². The Morgan fingerprint density at radius 1 is 1.58 bits per heavy atom. The normalized spacial score (nSPS) is 16.1. The maximum absolute atomic E-state index is 10.4.